The second-order valence-electron chi connectivity index (χ2n) is 6.61. The molecule has 0 aliphatic carbocycles. The fourth-order valence-electron chi connectivity index (χ4n) is 2.84. The number of carbonyl (C=O) groups is 2. The quantitative estimate of drug-likeness (QED) is 0.680. The van der Waals surface area contributed by atoms with E-state index in [2.05, 4.69) is 24.5 Å². The number of allylic oxidation sites excluding steroid dienone is 1. The van der Waals surface area contributed by atoms with Gasteiger partial charge in [-0.15, -0.1) is 0 Å². The zero-order chi connectivity index (χ0) is 20.0. The normalized spacial score (nSPS) is 16.7. The summed E-state index contributed by atoms with van der Waals surface area (Å²) in [5.41, 5.74) is 1.67. The first-order chi connectivity index (χ1) is 12.9. The Labute approximate surface area is 160 Å². The molecule has 0 fully saturated rings. The largest absolute Gasteiger partial charge is 0.493 e. The summed E-state index contributed by atoms with van der Waals surface area (Å²) in [7, 11) is 1.56. The Hall–Kier alpha value is -2.70. The van der Waals surface area contributed by atoms with E-state index in [0.29, 0.717) is 47.3 Å². The molecule has 2 amide bonds. The molecule has 1 aliphatic rings. The summed E-state index contributed by atoms with van der Waals surface area (Å²) >= 11 is 0. The lowest BCUT2D eigenvalue weighted by Gasteiger charge is -2.29. The number of rotatable bonds is 8. The molecule has 0 radical (unpaired) electrons. The predicted molar refractivity (Wildman–Crippen MR) is 102 cm³/mol. The van der Waals surface area contributed by atoms with Crippen molar-refractivity contribution in [3.63, 3.8) is 0 Å². The number of hydrogen-bond donors (Lipinski definition) is 2. The Balaban J connectivity index is 2.43. The molecule has 0 bridgehead atoms. The molecular formula is C20H28N2O5. The van der Waals surface area contributed by atoms with E-state index in [4.69, 9.17) is 14.2 Å². The van der Waals surface area contributed by atoms with Crippen molar-refractivity contribution < 1.29 is 23.8 Å². The fraction of sp³-hybridized carbons (Fsp3) is 0.500. The fourth-order valence-corrected chi connectivity index (χ4v) is 2.84. The molecule has 27 heavy (non-hydrogen) atoms. The van der Waals surface area contributed by atoms with E-state index in [1.165, 1.54) is 0 Å². The lowest BCUT2D eigenvalue weighted by atomic mass is 9.94. The highest BCUT2D eigenvalue weighted by atomic mass is 16.5. The minimum Gasteiger partial charge on any atom is -0.493 e. The van der Waals surface area contributed by atoms with Crippen molar-refractivity contribution in [2.24, 2.45) is 5.92 Å². The Bertz CT molecular complexity index is 727. The average Bonchev–Trinajstić information content (AvgIpc) is 2.65. The molecule has 1 unspecified atom stereocenters. The van der Waals surface area contributed by atoms with E-state index in [1.54, 1.807) is 26.2 Å². The van der Waals surface area contributed by atoms with E-state index < -0.39 is 12.0 Å². The van der Waals surface area contributed by atoms with Crippen LogP contribution in [0.3, 0.4) is 0 Å². The minimum absolute atomic E-state index is 0.255. The molecule has 7 nitrogen and oxygen atoms in total. The summed E-state index contributed by atoms with van der Waals surface area (Å²) in [4.78, 5) is 24.6. The van der Waals surface area contributed by atoms with Gasteiger partial charge in [0.1, 0.15) is 0 Å². The van der Waals surface area contributed by atoms with Crippen LogP contribution in [0.2, 0.25) is 0 Å². The van der Waals surface area contributed by atoms with E-state index >= 15 is 0 Å². The summed E-state index contributed by atoms with van der Waals surface area (Å²) in [5.74, 6) is 1.09. The first-order valence-electron chi connectivity index (χ1n) is 9.19. The molecule has 2 N–H and O–H groups in total. The maximum atomic E-state index is 12.5. The van der Waals surface area contributed by atoms with Crippen LogP contribution in [0.5, 0.6) is 11.5 Å². The molecule has 7 heteroatoms. The third kappa shape index (κ3) is 4.93. The van der Waals surface area contributed by atoms with Crippen LogP contribution in [0.4, 0.5) is 4.79 Å². The van der Waals surface area contributed by atoms with Gasteiger partial charge in [-0.25, -0.2) is 9.59 Å². The van der Waals surface area contributed by atoms with Crippen molar-refractivity contribution in [1.82, 2.24) is 10.6 Å². The van der Waals surface area contributed by atoms with Gasteiger partial charge in [0.25, 0.3) is 0 Å². The highest BCUT2D eigenvalue weighted by molar-refractivity contribution is 5.95. The molecule has 148 valence electrons. The van der Waals surface area contributed by atoms with Gasteiger partial charge < -0.3 is 24.8 Å². The number of urea groups is 1. The van der Waals surface area contributed by atoms with Gasteiger partial charge in [-0.05, 0) is 37.0 Å². The summed E-state index contributed by atoms with van der Waals surface area (Å²) < 4.78 is 16.4. The number of esters is 1. The number of hydrogen-bond acceptors (Lipinski definition) is 5. The van der Waals surface area contributed by atoms with E-state index in [1.807, 2.05) is 13.0 Å². The van der Waals surface area contributed by atoms with Gasteiger partial charge in [0.15, 0.2) is 11.5 Å². The van der Waals surface area contributed by atoms with Gasteiger partial charge in [0.05, 0.1) is 31.9 Å². The van der Waals surface area contributed by atoms with E-state index in [-0.39, 0.29) is 12.6 Å². The second-order valence-corrected chi connectivity index (χ2v) is 6.61. The summed E-state index contributed by atoms with van der Waals surface area (Å²) in [6, 6.07) is 4.41. The SMILES string of the molecule is CCOC(=O)C1=C(CC)NC(=O)NC1c1ccc(OCC(C)C)c(OC)c1. The third-order valence-electron chi connectivity index (χ3n) is 4.10. The standard InChI is InChI=1S/C20H28N2O5/c1-6-14-17(19(23)26-7-2)18(22-20(24)21-14)13-8-9-15(16(10-13)25-5)27-11-12(3)4/h8-10,12,18H,6-7,11H2,1-5H3,(H2,21,22,24). The monoisotopic (exact) mass is 376 g/mol. The van der Waals surface area contributed by atoms with Gasteiger partial charge in [-0.3, -0.25) is 0 Å². The number of benzene rings is 1. The van der Waals surface area contributed by atoms with Crippen molar-refractivity contribution in [2.75, 3.05) is 20.3 Å². The van der Waals surface area contributed by atoms with Gasteiger partial charge in [-0.1, -0.05) is 26.8 Å². The lowest BCUT2D eigenvalue weighted by molar-refractivity contribution is -0.139. The van der Waals surface area contributed by atoms with Crippen LogP contribution >= 0.6 is 0 Å². The molecule has 0 saturated carbocycles. The zero-order valence-electron chi connectivity index (χ0n) is 16.5. The van der Waals surface area contributed by atoms with Gasteiger partial charge in [0, 0.05) is 5.70 Å². The van der Waals surface area contributed by atoms with Crippen molar-refractivity contribution in [2.45, 2.75) is 40.2 Å². The molecule has 0 saturated heterocycles. The highest BCUT2D eigenvalue weighted by Gasteiger charge is 2.33. The smallest absolute Gasteiger partial charge is 0.338 e. The van der Waals surface area contributed by atoms with E-state index in [9.17, 15) is 9.59 Å². The molecule has 1 heterocycles. The van der Waals surface area contributed by atoms with Crippen LogP contribution in [0.25, 0.3) is 0 Å². The molecule has 2 rings (SSSR count). The van der Waals surface area contributed by atoms with Crippen LogP contribution in [-0.4, -0.2) is 32.3 Å². The molecule has 1 atom stereocenters. The van der Waals surface area contributed by atoms with Crippen molar-refractivity contribution >= 4 is 12.0 Å². The summed E-state index contributed by atoms with van der Waals surface area (Å²) in [6.07, 6.45) is 0.505. The summed E-state index contributed by atoms with van der Waals surface area (Å²) in [5, 5.41) is 5.50. The number of ether oxygens (including phenoxy) is 3. The number of carbonyl (C=O) groups excluding carboxylic acids is 2. The summed E-state index contributed by atoms with van der Waals surface area (Å²) in [6.45, 7) is 8.57. The van der Waals surface area contributed by atoms with Crippen LogP contribution < -0.4 is 20.1 Å². The molecule has 0 spiro atoms. The van der Waals surface area contributed by atoms with E-state index in [0.717, 1.165) is 0 Å². The Kier molecular flexibility index (Phi) is 7.10. The number of amides is 2. The van der Waals surface area contributed by atoms with Crippen molar-refractivity contribution in [3.8, 4) is 11.5 Å². The van der Waals surface area contributed by atoms with Crippen LogP contribution in [0.15, 0.2) is 29.5 Å². The molecule has 1 aliphatic heterocycles. The lowest BCUT2D eigenvalue weighted by Crippen LogP contribution is -2.45. The minimum atomic E-state index is -0.624. The predicted octanol–water partition coefficient (Wildman–Crippen LogP) is 3.31. The van der Waals surface area contributed by atoms with Gasteiger partial charge in [0.2, 0.25) is 0 Å². The first kappa shape index (κ1) is 20.6. The van der Waals surface area contributed by atoms with Crippen molar-refractivity contribution in [1.29, 1.82) is 0 Å². The molecule has 0 aromatic heterocycles. The number of nitrogens with one attached hydrogen (secondary N) is 2. The van der Waals surface area contributed by atoms with Crippen LogP contribution in [0.1, 0.15) is 45.7 Å². The average molecular weight is 376 g/mol. The first-order valence-corrected chi connectivity index (χ1v) is 9.19. The zero-order valence-corrected chi connectivity index (χ0v) is 16.5. The number of methoxy groups -OCH3 is 1. The van der Waals surface area contributed by atoms with Crippen molar-refractivity contribution in [3.05, 3.63) is 35.0 Å². The highest BCUT2D eigenvalue weighted by Crippen LogP contribution is 2.35. The Morgan fingerprint density at radius 3 is 2.56 bits per heavy atom. The second kappa shape index (κ2) is 9.30. The maximum absolute atomic E-state index is 12.5. The Morgan fingerprint density at radius 2 is 1.96 bits per heavy atom. The molecular weight excluding hydrogens is 348 g/mol. The Morgan fingerprint density at radius 1 is 1.22 bits per heavy atom. The maximum Gasteiger partial charge on any atom is 0.338 e. The topological polar surface area (TPSA) is 85.9 Å². The van der Waals surface area contributed by atoms with Crippen LogP contribution in [0, 0.1) is 5.92 Å². The molecule has 1 aromatic rings. The van der Waals surface area contributed by atoms with Crippen LogP contribution in [-0.2, 0) is 9.53 Å². The van der Waals surface area contributed by atoms with Gasteiger partial charge >= 0.3 is 12.0 Å². The third-order valence-corrected chi connectivity index (χ3v) is 4.10. The van der Waals surface area contributed by atoms with Gasteiger partial charge in [-0.2, -0.15) is 0 Å². The molecule has 1 aromatic carbocycles.